The molecule has 3 aromatic rings. The lowest BCUT2D eigenvalue weighted by molar-refractivity contribution is -0.137. The molecule has 150 valence electrons. The van der Waals surface area contributed by atoms with Crippen molar-refractivity contribution in [3.8, 4) is 11.3 Å². The predicted octanol–water partition coefficient (Wildman–Crippen LogP) is 3.74. The van der Waals surface area contributed by atoms with Crippen LogP contribution in [0.2, 0.25) is 0 Å². The molecular formula is C20H16F4N4O. The lowest BCUT2D eigenvalue weighted by atomic mass is 10.1. The molecule has 0 saturated carbocycles. The first-order chi connectivity index (χ1) is 13.8. The summed E-state index contributed by atoms with van der Waals surface area (Å²) in [5, 5.41) is 10.4. The molecule has 2 aromatic carbocycles. The number of nitrogens with one attached hydrogen (secondary N) is 2. The maximum absolute atomic E-state index is 13.1. The standard InChI is InChI=1S/C20H16F4N4O/c21-15-7-3-13(4-8-15)16-9-17-19(29)26-11-18(28(17)27-16)25-10-12-1-5-14(6-2-12)20(22,23)24/h1-9,18,25H,10-11H2,(H,26,29)/t18-/m0/s1. The lowest BCUT2D eigenvalue weighted by Gasteiger charge is -2.25. The van der Waals surface area contributed by atoms with Gasteiger partial charge in [-0.3, -0.25) is 10.1 Å². The maximum Gasteiger partial charge on any atom is 0.416 e. The molecule has 0 radical (unpaired) electrons. The second kappa shape index (κ2) is 7.32. The number of hydrogen-bond acceptors (Lipinski definition) is 3. The zero-order chi connectivity index (χ0) is 20.6. The highest BCUT2D eigenvalue weighted by atomic mass is 19.4. The Morgan fingerprint density at radius 3 is 2.45 bits per heavy atom. The fourth-order valence-corrected chi connectivity index (χ4v) is 3.14. The van der Waals surface area contributed by atoms with Crippen molar-refractivity contribution in [1.82, 2.24) is 20.4 Å². The number of amides is 1. The summed E-state index contributed by atoms with van der Waals surface area (Å²) in [4.78, 5) is 12.2. The van der Waals surface area contributed by atoms with E-state index in [-0.39, 0.29) is 24.4 Å². The highest BCUT2D eigenvalue weighted by Crippen LogP contribution is 2.29. The van der Waals surface area contributed by atoms with E-state index >= 15 is 0 Å². The SMILES string of the molecule is O=C1NC[C@@H](NCc2ccc(C(F)(F)F)cc2)n2nc(-c3ccc(F)cc3)cc21. The van der Waals surface area contributed by atoms with E-state index in [1.807, 2.05) is 0 Å². The molecule has 1 atom stereocenters. The molecular weight excluding hydrogens is 388 g/mol. The fourth-order valence-electron chi connectivity index (χ4n) is 3.14. The van der Waals surface area contributed by atoms with E-state index in [0.29, 0.717) is 29.1 Å². The Labute approximate surface area is 163 Å². The summed E-state index contributed by atoms with van der Waals surface area (Å²) in [6, 6.07) is 12.3. The van der Waals surface area contributed by atoms with Crippen LogP contribution in [0.3, 0.4) is 0 Å². The zero-order valence-corrected chi connectivity index (χ0v) is 15.0. The quantitative estimate of drug-likeness (QED) is 0.652. The van der Waals surface area contributed by atoms with Crippen LogP contribution in [0.15, 0.2) is 54.6 Å². The summed E-state index contributed by atoms with van der Waals surface area (Å²) in [6.07, 6.45) is -4.75. The van der Waals surface area contributed by atoms with Gasteiger partial charge in [-0.1, -0.05) is 12.1 Å². The van der Waals surface area contributed by atoms with E-state index in [9.17, 15) is 22.4 Å². The minimum absolute atomic E-state index is 0.275. The van der Waals surface area contributed by atoms with Crippen LogP contribution in [0.25, 0.3) is 11.3 Å². The summed E-state index contributed by atoms with van der Waals surface area (Å²) in [7, 11) is 0. The van der Waals surface area contributed by atoms with Gasteiger partial charge >= 0.3 is 6.18 Å². The topological polar surface area (TPSA) is 59.0 Å². The number of carbonyl (C=O) groups is 1. The monoisotopic (exact) mass is 404 g/mol. The summed E-state index contributed by atoms with van der Waals surface area (Å²) < 4.78 is 52.7. The van der Waals surface area contributed by atoms with Crippen molar-refractivity contribution >= 4 is 5.91 Å². The van der Waals surface area contributed by atoms with Crippen LogP contribution in [0.5, 0.6) is 0 Å². The van der Waals surface area contributed by atoms with Gasteiger partial charge in [0.15, 0.2) is 0 Å². The van der Waals surface area contributed by atoms with E-state index in [1.54, 1.807) is 22.9 Å². The Morgan fingerprint density at radius 2 is 1.79 bits per heavy atom. The van der Waals surface area contributed by atoms with Crippen molar-refractivity contribution in [2.45, 2.75) is 18.9 Å². The molecule has 2 N–H and O–H groups in total. The molecule has 1 amide bonds. The molecule has 0 unspecified atom stereocenters. The Hall–Kier alpha value is -3.20. The van der Waals surface area contributed by atoms with Gasteiger partial charge in [-0.15, -0.1) is 0 Å². The predicted molar refractivity (Wildman–Crippen MR) is 97.3 cm³/mol. The number of aromatic nitrogens is 2. The van der Waals surface area contributed by atoms with Gasteiger partial charge in [0, 0.05) is 12.1 Å². The number of alkyl halides is 3. The summed E-state index contributed by atoms with van der Waals surface area (Å²) in [6.45, 7) is 0.570. The van der Waals surface area contributed by atoms with Crippen molar-refractivity contribution in [2.75, 3.05) is 6.54 Å². The van der Waals surface area contributed by atoms with Crippen LogP contribution >= 0.6 is 0 Å². The van der Waals surface area contributed by atoms with Crippen LogP contribution in [0.4, 0.5) is 17.6 Å². The molecule has 0 spiro atoms. The Kier molecular flexibility index (Phi) is 4.83. The van der Waals surface area contributed by atoms with Crippen molar-refractivity contribution in [2.24, 2.45) is 0 Å². The number of nitrogens with zero attached hydrogens (tertiary/aromatic N) is 2. The Bertz CT molecular complexity index is 1030. The summed E-state index contributed by atoms with van der Waals surface area (Å²) in [5.74, 6) is -0.648. The summed E-state index contributed by atoms with van der Waals surface area (Å²) in [5.41, 5.74) is 1.51. The molecule has 5 nitrogen and oxygen atoms in total. The molecule has 0 fully saturated rings. The van der Waals surface area contributed by atoms with Crippen LogP contribution in [0.1, 0.15) is 27.8 Å². The maximum atomic E-state index is 13.1. The zero-order valence-electron chi connectivity index (χ0n) is 15.0. The molecule has 0 saturated heterocycles. The normalized spacial score (nSPS) is 16.4. The summed E-state index contributed by atoms with van der Waals surface area (Å²) >= 11 is 0. The number of halogens is 4. The highest BCUT2D eigenvalue weighted by molar-refractivity contribution is 5.94. The molecule has 4 rings (SSSR count). The third kappa shape index (κ3) is 4.00. The molecule has 1 aromatic heterocycles. The van der Waals surface area contributed by atoms with E-state index in [2.05, 4.69) is 15.7 Å². The first-order valence-electron chi connectivity index (χ1n) is 8.84. The fraction of sp³-hybridized carbons (Fsp3) is 0.200. The second-order valence-electron chi connectivity index (χ2n) is 6.67. The van der Waals surface area contributed by atoms with Gasteiger partial charge in [0.25, 0.3) is 5.91 Å². The molecule has 9 heteroatoms. The van der Waals surface area contributed by atoms with Gasteiger partial charge in [0.05, 0.1) is 17.8 Å². The van der Waals surface area contributed by atoms with Crippen molar-refractivity contribution in [1.29, 1.82) is 0 Å². The molecule has 0 aliphatic carbocycles. The number of rotatable bonds is 4. The van der Waals surface area contributed by atoms with Gasteiger partial charge in [0.1, 0.15) is 17.7 Å². The minimum atomic E-state index is -4.37. The van der Waals surface area contributed by atoms with E-state index in [1.165, 1.54) is 24.3 Å². The third-order valence-electron chi connectivity index (χ3n) is 4.68. The Balaban J connectivity index is 1.52. The van der Waals surface area contributed by atoms with Crippen molar-refractivity contribution in [3.63, 3.8) is 0 Å². The number of benzene rings is 2. The second-order valence-corrected chi connectivity index (χ2v) is 6.67. The average molecular weight is 404 g/mol. The largest absolute Gasteiger partial charge is 0.416 e. The van der Waals surface area contributed by atoms with Crippen molar-refractivity contribution in [3.05, 3.63) is 77.2 Å². The Morgan fingerprint density at radius 1 is 1.10 bits per heavy atom. The molecule has 2 heterocycles. The number of fused-ring (bicyclic) bond motifs is 1. The van der Waals surface area contributed by atoms with Crippen LogP contribution < -0.4 is 10.6 Å². The average Bonchev–Trinajstić information content (AvgIpc) is 3.14. The molecule has 29 heavy (non-hydrogen) atoms. The van der Waals surface area contributed by atoms with E-state index in [4.69, 9.17) is 0 Å². The van der Waals surface area contributed by atoms with Gasteiger partial charge in [-0.05, 0) is 48.0 Å². The van der Waals surface area contributed by atoms with E-state index < -0.39 is 11.7 Å². The first-order valence-corrected chi connectivity index (χ1v) is 8.84. The van der Waals surface area contributed by atoms with E-state index in [0.717, 1.165) is 12.1 Å². The van der Waals surface area contributed by atoms with Gasteiger partial charge in [0.2, 0.25) is 0 Å². The third-order valence-corrected chi connectivity index (χ3v) is 4.68. The van der Waals surface area contributed by atoms with Crippen LogP contribution in [-0.4, -0.2) is 22.2 Å². The smallest absolute Gasteiger partial charge is 0.347 e. The van der Waals surface area contributed by atoms with Gasteiger partial charge < -0.3 is 5.32 Å². The molecule has 0 bridgehead atoms. The first kappa shape index (κ1) is 19.1. The minimum Gasteiger partial charge on any atom is -0.347 e. The molecule has 1 aliphatic rings. The van der Waals surface area contributed by atoms with Gasteiger partial charge in [-0.2, -0.15) is 18.3 Å². The van der Waals surface area contributed by atoms with Crippen LogP contribution in [-0.2, 0) is 12.7 Å². The van der Waals surface area contributed by atoms with Crippen molar-refractivity contribution < 1.29 is 22.4 Å². The lowest BCUT2D eigenvalue weighted by Crippen LogP contribution is -2.45. The molecule has 1 aliphatic heterocycles. The highest BCUT2D eigenvalue weighted by Gasteiger charge is 2.30. The number of hydrogen-bond donors (Lipinski definition) is 2. The van der Waals surface area contributed by atoms with Gasteiger partial charge in [-0.25, -0.2) is 9.07 Å². The number of carbonyl (C=O) groups excluding carboxylic acids is 1. The van der Waals surface area contributed by atoms with Crippen LogP contribution in [0, 0.1) is 5.82 Å².